The number of halogens is 1. The smallest absolute Gasteiger partial charge is 0.306 e. The highest BCUT2D eigenvalue weighted by molar-refractivity contribution is 5.85. The molecule has 17 heavy (non-hydrogen) atoms. The molecule has 3 nitrogen and oxygen atoms in total. The molecule has 1 rings (SSSR count). The molecule has 0 aliphatic heterocycles. The predicted molar refractivity (Wildman–Crippen MR) is 72.3 cm³/mol. The highest BCUT2D eigenvalue weighted by Gasteiger charge is 2.04. The number of hydrogen-bond donors (Lipinski definition) is 1. The van der Waals surface area contributed by atoms with E-state index >= 15 is 0 Å². The predicted octanol–water partition coefficient (Wildman–Crippen LogP) is 2.96. The minimum absolute atomic E-state index is 0. The third-order valence-corrected chi connectivity index (χ3v) is 2.19. The molecule has 2 N–H and O–H groups in total. The van der Waals surface area contributed by atoms with E-state index in [-0.39, 0.29) is 24.5 Å². The van der Waals surface area contributed by atoms with E-state index in [4.69, 9.17) is 10.5 Å². The Labute approximate surface area is 109 Å². The van der Waals surface area contributed by atoms with Gasteiger partial charge in [0, 0.05) is 12.1 Å². The Kier molecular flexibility index (Phi) is 7.39. The molecule has 0 atom stereocenters. The lowest BCUT2D eigenvalue weighted by molar-refractivity contribution is -0.147. The van der Waals surface area contributed by atoms with Gasteiger partial charge in [0.25, 0.3) is 0 Å². The number of carbonyl (C=O) groups excluding carboxylic acids is 1. The molecule has 0 heterocycles. The quantitative estimate of drug-likeness (QED) is 0.652. The summed E-state index contributed by atoms with van der Waals surface area (Å²) in [6.45, 7) is 3.72. The van der Waals surface area contributed by atoms with Crippen molar-refractivity contribution in [1.82, 2.24) is 0 Å². The van der Waals surface area contributed by atoms with E-state index in [0.717, 1.165) is 18.5 Å². The molecule has 0 amide bonds. The van der Waals surface area contributed by atoms with E-state index in [1.165, 1.54) is 5.56 Å². The van der Waals surface area contributed by atoms with Crippen LogP contribution in [-0.4, -0.2) is 12.1 Å². The molecule has 0 aliphatic carbocycles. The maximum Gasteiger partial charge on any atom is 0.306 e. The van der Waals surface area contributed by atoms with Gasteiger partial charge in [-0.2, -0.15) is 0 Å². The van der Waals surface area contributed by atoms with Gasteiger partial charge in [0.05, 0.1) is 6.10 Å². The Morgan fingerprint density at radius 3 is 2.41 bits per heavy atom. The summed E-state index contributed by atoms with van der Waals surface area (Å²) in [5, 5.41) is 0. The summed E-state index contributed by atoms with van der Waals surface area (Å²) in [7, 11) is 0. The maximum atomic E-state index is 11.3. The number of carbonyl (C=O) groups is 1. The van der Waals surface area contributed by atoms with Gasteiger partial charge in [0.15, 0.2) is 0 Å². The topological polar surface area (TPSA) is 52.3 Å². The standard InChI is InChI=1S/C13H19NO2.ClH/c1-10(2)16-13(15)5-3-4-11-6-8-12(14)9-7-11;/h6-10H,3-5,14H2,1-2H3;1H. The largest absolute Gasteiger partial charge is 0.463 e. The molecule has 0 saturated heterocycles. The van der Waals surface area contributed by atoms with Crippen LogP contribution in [0.25, 0.3) is 0 Å². The van der Waals surface area contributed by atoms with Crippen LogP contribution in [-0.2, 0) is 16.0 Å². The fourth-order valence-corrected chi connectivity index (χ4v) is 1.44. The minimum Gasteiger partial charge on any atom is -0.463 e. The van der Waals surface area contributed by atoms with Crippen LogP contribution in [0.15, 0.2) is 24.3 Å². The van der Waals surface area contributed by atoms with Crippen molar-refractivity contribution in [3.63, 3.8) is 0 Å². The van der Waals surface area contributed by atoms with Gasteiger partial charge in [-0.15, -0.1) is 12.4 Å². The highest BCUT2D eigenvalue weighted by atomic mass is 35.5. The Hall–Kier alpha value is -1.22. The van der Waals surface area contributed by atoms with Crippen molar-refractivity contribution >= 4 is 24.1 Å². The molecule has 1 aromatic rings. The number of benzene rings is 1. The van der Waals surface area contributed by atoms with E-state index in [1.807, 2.05) is 38.1 Å². The van der Waals surface area contributed by atoms with Gasteiger partial charge in [-0.05, 0) is 44.4 Å². The van der Waals surface area contributed by atoms with E-state index in [1.54, 1.807) is 0 Å². The van der Waals surface area contributed by atoms with Crippen molar-refractivity contribution in [3.05, 3.63) is 29.8 Å². The molecular formula is C13H20ClNO2. The molecule has 0 fully saturated rings. The van der Waals surface area contributed by atoms with E-state index in [2.05, 4.69) is 0 Å². The lowest BCUT2D eigenvalue weighted by atomic mass is 10.1. The summed E-state index contributed by atoms with van der Waals surface area (Å²) in [5.41, 5.74) is 7.55. The van der Waals surface area contributed by atoms with Gasteiger partial charge in [0.2, 0.25) is 0 Å². The molecule has 96 valence electrons. The Morgan fingerprint density at radius 1 is 1.29 bits per heavy atom. The van der Waals surface area contributed by atoms with Crippen molar-refractivity contribution < 1.29 is 9.53 Å². The van der Waals surface area contributed by atoms with Crippen LogP contribution >= 0.6 is 12.4 Å². The number of aryl methyl sites for hydroxylation is 1. The number of esters is 1. The van der Waals surface area contributed by atoms with Gasteiger partial charge < -0.3 is 10.5 Å². The second-order valence-electron chi connectivity index (χ2n) is 4.13. The number of rotatable bonds is 5. The summed E-state index contributed by atoms with van der Waals surface area (Å²) in [6, 6.07) is 7.73. The first-order valence-electron chi connectivity index (χ1n) is 5.62. The maximum absolute atomic E-state index is 11.3. The lowest BCUT2D eigenvalue weighted by Crippen LogP contribution is -2.11. The average Bonchev–Trinajstić information content (AvgIpc) is 2.20. The van der Waals surface area contributed by atoms with Gasteiger partial charge in [-0.25, -0.2) is 0 Å². The first-order chi connectivity index (χ1) is 7.58. The molecule has 0 bridgehead atoms. The average molecular weight is 258 g/mol. The number of ether oxygens (including phenoxy) is 1. The molecule has 4 heteroatoms. The summed E-state index contributed by atoms with van der Waals surface area (Å²) < 4.78 is 5.05. The number of anilines is 1. The number of nitrogen functional groups attached to an aromatic ring is 1. The zero-order chi connectivity index (χ0) is 12.0. The highest BCUT2D eigenvalue weighted by Crippen LogP contribution is 2.09. The molecule has 0 spiro atoms. The Bertz CT molecular complexity index is 336. The lowest BCUT2D eigenvalue weighted by Gasteiger charge is -2.07. The first kappa shape index (κ1) is 15.8. The minimum atomic E-state index is -0.120. The van der Waals surface area contributed by atoms with Crippen molar-refractivity contribution in [2.75, 3.05) is 5.73 Å². The monoisotopic (exact) mass is 257 g/mol. The van der Waals surface area contributed by atoms with Crippen molar-refractivity contribution in [1.29, 1.82) is 0 Å². The fraction of sp³-hybridized carbons (Fsp3) is 0.462. The SMILES string of the molecule is CC(C)OC(=O)CCCc1ccc(N)cc1.Cl. The van der Waals surface area contributed by atoms with Gasteiger partial charge >= 0.3 is 5.97 Å². The van der Waals surface area contributed by atoms with Crippen LogP contribution in [0, 0.1) is 0 Å². The number of hydrogen-bond acceptors (Lipinski definition) is 3. The summed E-state index contributed by atoms with van der Waals surface area (Å²) in [5.74, 6) is -0.120. The van der Waals surface area contributed by atoms with Crippen LogP contribution in [0.1, 0.15) is 32.3 Å². The van der Waals surface area contributed by atoms with Crippen molar-refractivity contribution in [2.45, 2.75) is 39.2 Å². The van der Waals surface area contributed by atoms with Gasteiger partial charge in [0.1, 0.15) is 0 Å². The molecule has 0 saturated carbocycles. The molecule has 1 aromatic carbocycles. The number of nitrogens with two attached hydrogens (primary N) is 1. The third-order valence-electron chi connectivity index (χ3n) is 2.19. The van der Waals surface area contributed by atoms with Crippen LogP contribution in [0.2, 0.25) is 0 Å². The third kappa shape index (κ3) is 6.84. The van der Waals surface area contributed by atoms with Crippen LogP contribution < -0.4 is 5.73 Å². The van der Waals surface area contributed by atoms with E-state index in [9.17, 15) is 4.79 Å². The van der Waals surface area contributed by atoms with E-state index in [0.29, 0.717) is 6.42 Å². The van der Waals surface area contributed by atoms with Crippen LogP contribution in [0.4, 0.5) is 5.69 Å². The fourth-order valence-electron chi connectivity index (χ4n) is 1.44. The van der Waals surface area contributed by atoms with Crippen molar-refractivity contribution in [2.24, 2.45) is 0 Å². The summed E-state index contributed by atoms with van der Waals surface area (Å²) in [4.78, 5) is 11.3. The zero-order valence-electron chi connectivity index (χ0n) is 10.3. The Balaban J connectivity index is 0.00000256. The molecule has 0 aromatic heterocycles. The van der Waals surface area contributed by atoms with Crippen molar-refractivity contribution in [3.8, 4) is 0 Å². The van der Waals surface area contributed by atoms with Gasteiger partial charge in [-0.3, -0.25) is 4.79 Å². The normalized spacial score (nSPS) is 9.82. The summed E-state index contributed by atoms with van der Waals surface area (Å²) >= 11 is 0. The van der Waals surface area contributed by atoms with Crippen LogP contribution in [0.3, 0.4) is 0 Å². The molecular weight excluding hydrogens is 238 g/mol. The first-order valence-corrected chi connectivity index (χ1v) is 5.62. The molecule has 0 radical (unpaired) electrons. The van der Waals surface area contributed by atoms with E-state index < -0.39 is 0 Å². The zero-order valence-corrected chi connectivity index (χ0v) is 11.1. The Morgan fingerprint density at radius 2 is 1.88 bits per heavy atom. The van der Waals surface area contributed by atoms with Crippen LogP contribution in [0.5, 0.6) is 0 Å². The second kappa shape index (κ2) is 7.96. The second-order valence-corrected chi connectivity index (χ2v) is 4.13. The molecule has 0 unspecified atom stereocenters. The van der Waals surface area contributed by atoms with Gasteiger partial charge in [-0.1, -0.05) is 12.1 Å². The molecule has 0 aliphatic rings. The summed E-state index contributed by atoms with van der Waals surface area (Å²) in [6.07, 6.45) is 2.15.